The maximum atomic E-state index is 13.5. The van der Waals surface area contributed by atoms with Gasteiger partial charge in [0.1, 0.15) is 16.4 Å². The molecule has 0 amide bonds. The van der Waals surface area contributed by atoms with Crippen molar-refractivity contribution in [3.8, 4) is 22.6 Å². The largest absolute Gasteiger partial charge is 0.496 e. The van der Waals surface area contributed by atoms with E-state index in [9.17, 15) is 8.42 Å². The molecule has 0 radical (unpaired) electrons. The lowest BCUT2D eigenvalue weighted by atomic mass is 9.93. The average Bonchev–Trinajstić information content (AvgIpc) is 2.83. The summed E-state index contributed by atoms with van der Waals surface area (Å²) in [6, 6.07) is 31.4. The number of hydrogen-bond acceptors (Lipinski definition) is 4. The summed E-state index contributed by atoms with van der Waals surface area (Å²) in [7, 11) is -2.54. The molecule has 158 valence electrons. The summed E-state index contributed by atoms with van der Waals surface area (Å²) in [4.78, 5) is 0.0923. The van der Waals surface area contributed by atoms with Crippen LogP contribution in [-0.4, -0.2) is 15.5 Å². The van der Waals surface area contributed by atoms with Crippen molar-refractivity contribution in [2.24, 2.45) is 0 Å². The molecular weight excluding hydrogens is 420 g/mol. The summed E-state index contributed by atoms with van der Waals surface area (Å²) in [6.45, 7) is 0. The number of ether oxygens (including phenoxy) is 1. The number of fused-ring (bicyclic) bond motifs is 2. The van der Waals surface area contributed by atoms with Gasteiger partial charge in [-0.3, -0.25) is 0 Å². The molecule has 5 aromatic rings. The van der Waals surface area contributed by atoms with Crippen molar-refractivity contribution in [3.63, 3.8) is 0 Å². The Morgan fingerprint density at radius 1 is 0.594 bits per heavy atom. The minimum atomic E-state index is -4.13. The minimum Gasteiger partial charge on any atom is -0.496 e. The van der Waals surface area contributed by atoms with Crippen LogP contribution in [0.5, 0.6) is 11.5 Å². The topological polar surface area (TPSA) is 52.6 Å². The predicted molar refractivity (Wildman–Crippen MR) is 128 cm³/mol. The van der Waals surface area contributed by atoms with Crippen molar-refractivity contribution in [3.05, 3.63) is 103 Å². The fraction of sp³-hybridized carbons (Fsp3) is 0.0370. The average molecular weight is 441 g/mol. The molecule has 0 atom stereocenters. The van der Waals surface area contributed by atoms with Crippen molar-refractivity contribution in [1.82, 2.24) is 0 Å². The molecule has 0 fully saturated rings. The molecule has 5 aromatic carbocycles. The third-order valence-corrected chi connectivity index (χ3v) is 6.76. The van der Waals surface area contributed by atoms with Gasteiger partial charge in [-0.2, -0.15) is 8.42 Å². The first-order valence-electron chi connectivity index (χ1n) is 10.2. The van der Waals surface area contributed by atoms with Gasteiger partial charge in [-0.25, -0.2) is 0 Å². The molecule has 32 heavy (non-hydrogen) atoms. The standard InChI is InChI=1S/C27H20O4S/c1-30-24-17-15-19-9-5-7-13-22(19)26(24)27-23-14-8-6-10-20(23)16-18-25(27)32(28,29)31-21-11-3-2-4-12-21/h2-18H,1H3. The van der Waals surface area contributed by atoms with Crippen LogP contribution in [0.4, 0.5) is 0 Å². The van der Waals surface area contributed by atoms with Gasteiger partial charge >= 0.3 is 10.1 Å². The second kappa shape index (κ2) is 8.02. The molecule has 0 aliphatic carbocycles. The molecule has 0 aliphatic rings. The second-order valence-electron chi connectivity index (χ2n) is 7.37. The second-order valence-corrected chi connectivity index (χ2v) is 8.89. The third-order valence-electron chi connectivity index (χ3n) is 5.47. The van der Waals surface area contributed by atoms with Crippen molar-refractivity contribution < 1.29 is 17.3 Å². The van der Waals surface area contributed by atoms with E-state index in [1.807, 2.05) is 66.7 Å². The normalized spacial score (nSPS) is 11.5. The maximum Gasteiger partial charge on any atom is 0.339 e. The van der Waals surface area contributed by atoms with Crippen LogP contribution in [0.25, 0.3) is 32.7 Å². The lowest BCUT2D eigenvalue weighted by Gasteiger charge is -2.18. The molecule has 0 unspecified atom stereocenters. The molecule has 0 bridgehead atoms. The third kappa shape index (κ3) is 3.47. The first kappa shape index (κ1) is 20.1. The van der Waals surface area contributed by atoms with Gasteiger partial charge in [0, 0.05) is 11.1 Å². The molecule has 0 spiro atoms. The molecule has 0 saturated carbocycles. The Kier molecular flexibility index (Phi) is 5.04. The van der Waals surface area contributed by atoms with Gasteiger partial charge in [0.05, 0.1) is 7.11 Å². The van der Waals surface area contributed by atoms with E-state index in [1.165, 1.54) is 0 Å². The van der Waals surface area contributed by atoms with Gasteiger partial charge in [0.2, 0.25) is 0 Å². The highest BCUT2D eigenvalue weighted by atomic mass is 32.2. The van der Waals surface area contributed by atoms with E-state index in [0.717, 1.165) is 27.1 Å². The molecule has 5 heteroatoms. The summed E-state index contributed by atoms with van der Waals surface area (Å²) in [5.74, 6) is 0.854. The fourth-order valence-electron chi connectivity index (χ4n) is 4.04. The number of para-hydroxylation sites is 1. The summed E-state index contributed by atoms with van der Waals surface area (Å²) in [6.07, 6.45) is 0. The van der Waals surface area contributed by atoms with E-state index in [2.05, 4.69) is 0 Å². The zero-order valence-corrected chi connectivity index (χ0v) is 18.2. The highest BCUT2D eigenvalue weighted by molar-refractivity contribution is 7.87. The lowest BCUT2D eigenvalue weighted by Crippen LogP contribution is -2.11. The van der Waals surface area contributed by atoms with E-state index in [1.54, 1.807) is 43.5 Å². The van der Waals surface area contributed by atoms with Crippen LogP contribution in [0.3, 0.4) is 0 Å². The van der Waals surface area contributed by atoms with Crippen LogP contribution < -0.4 is 8.92 Å². The van der Waals surface area contributed by atoms with Gasteiger partial charge in [-0.15, -0.1) is 0 Å². The zero-order chi connectivity index (χ0) is 22.1. The molecule has 0 heterocycles. The Bertz CT molecular complexity index is 1540. The predicted octanol–water partition coefficient (Wildman–Crippen LogP) is 6.44. The number of benzene rings is 5. The Hall–Kier alpha value is -3.83. The highest BCUT2D eigenvalue weighted by Crippen LogP contribution is 2.44. The zero-order valence-electron chi connectivity index (χ0n) is 17.4. The lowest BCUT2D eigenvalue weighted by molar-refractivity contribution is 0.417. The smallest absolute Gasteiger partial charge is 0.339 e. The van der Waals surface area contributed by atoms with Gasteiger partial charge in [0.15, 0.2) is 0 Å². The first-order chi connectivity index (χ1) is 15.6. The Labute approximate surface area is 186 Å². The van der Waals surface area contributed by atoms with E-state index < -0.39 is 10.1 Å². The molecule has 0 N–H and O–H groups in total. The Balaban J connectivity index is 1.87. The number of methoxy groups -OCH3 is 1. The van der Waals surface area contributed by atoms with E-state index >= 15 is 0 Å². The summed E-state index contributed by atoms with van der Waals surface area (Å²) < 4.78 is 38.2. The number of hydrogen-bond donors (Lipinski definition) is 0. The van der Waals surface area contributed by atoms with E-state index in [-0.39, 0.29) is 10.6 Å². The Morgan fingerprint density at radius 3 is 1.81 bits per heavy atom. The Morgan fingerprint density at radius 2 is 1.16 bits per heavy atom. The van der Waals surface area contributed by atoms with Gasteiger partial charge in [-0.1, -0.05) is 78.9 Å². The molecule has 5 rings (SSSR count). The highest BCUT2D eigenvalue weighted by Gasteiger charge is 2.26. The van der Waals surface area contributed by atoms with Gasteiger partial charge in [0.25, 0.3) is 0 Å². The molecule has 0 aliphatic heterocycles. The van der Waals surface area contributed by atoms with Crippen LogP contribution >= 0.6 is 0 Å². The van der Waals surface area contributed by atoms with Crippen LogP contribution in [0.2, 0.25) is 0 Å². The number of rotatable bonds is 5. The van der Waals surface area contributed by atoms with Crippen molar-refractivity contribution in [2.45, 2.75) is 4.90 Å². The van der Waals surface area contributed by atoms with Crippen LogP contribution in [0, 0.1) is 0 Å². The minimum absolute atomic E-state index is 0.0923. The summed E-state index contributed by atoms with van der Waals surface area (Å²) >= 11 is 0. The van der Waals surface area contributed by atoms with E-state index in [0.29, 0.717) is 11.3 Å². The fourth-order valence-corrected chi connectivity index (χ4v) is 5.20. The molecule has 4 nitrogen and oxygen atoms in total. The molecular formula is C27H20O4S. The van der Waals surface area contributed by atoms with Crippen molar-refractivity contribution >= 4 is 31.7 Å². The monoisotopic (exact) mass is 440 g/mol. The van der Waals surface area contributed by atoms with Gasteiger partial charge < -0.3 is 8.92 Å². The summed E-state index contributed by atoms with van der Waals surface area (Å²) in [5, 5.41) is 3.62. The van der Waals surface area contributed by atoms with Crippen LogP contribution in [0.1, 0.15) is 0 Å². The van der Waals surface area contributed by atoms with E-state index in [4.69, 9.17) is 8.92 Å². The van der Waals surface area contributed by atoms with Crippen LogP contribution in [0.15, 0.2) is 108 Å². The molecule has 0 aromatic heterocycles. The van der Waals surface area contributed by atoms with Gasteiger partial charge in [-0.05, 0) is 45.8 Å². The first-order valence-corrected chi connectivity index (χ1v) is 11.6. The quantitative estimate of drug-likeness (QED) is 0.295. The molecule has 0 saturated heterocycles. The SMILES string of the molecule is COc1ccc2ccccc2c1-c1c(S(=O)(=O)Oc2ccccc2)ccc2ccccc12. The summed E-state index contributed by atoms with van der Waals surface area (Å²) in [5.41, 5.74) is 1.28. The van der Waals surface area contributed by atoms with Crippen LogP contribution in [-0.2, 0) is 10.1 Å². The maximum absolute atomic E-state index is 13.5. The van der Waals surface area contributed by atoms with Crippen molar-refractivity contribution in [2.75, 3.05) is 7.11 Å². The van der Waals surface area contributed by atoms with Crippen molar-refractivity contribution in [1.29, 1.82) is 0 Å².